The van der Waals surface area contributed by atoms with Crippen LogP contribution in [0, 0.1) is 6.92 Å². The Hall–Kier alpha value is -1.81. The molecule has 2 rings (SSSR count). The number of amides is 1. The number of furan rings is 1. The lowest BCUT2D eigenvalue weighted by atomic mass is 10.1. The molecule has 0 spiro atoms. The Morgan fingerprint density at radius 3 is 2.74 bits per heavy atom. The first kappa shape index (κ1) is 13.6. The van der Waals surface area contributed by atoms with Crippen LogP contribution < -0.4 is 5.32 Å². The minimum Gasteiger partial charge on any atom is -0.461 e. The highest BCUT2D eigenvalue weighted by Gasteiger charge is 2.16. The number of carbonyl (C=O) groups excluding carboxylic acids is 1. The van der Waals surface area contributed by atoms with Crippen LogP contribution in [0.25, 0.3) is 11.0 Å². The van der Waals surface area contributed by atoms with Gasteiger partial charge in [0.15, 0.2) is 0 Å². The molecule has 0 saturated heterocycles. The number of nitrogens with one attached hydrogen (secondary N) is 1. The third-order valence-corrected chi connectivity index (χ3v) is 3.49. The molecule has 19 heavy (non-hydrogen) atoms. The molecule has 0 radical (unpaired) electrons. The van der Waals surface area contributed by atoms with Gasteiger partial charge in [-0.3, -0.25) is 9.69 Å². The summed E-state index contributed by atoms with van der Waals surface area (Å²) in [7, 11) is 3.78. The van der Waals surface area contributed by atoms with Gasteiger partial charge in [0.05, 0.1) is 6.04 Å². The summed E-state index contributed by atoms with van der Waals surface area (Å²) < 4.78 is 5.68. The number of carbonyl (C=O) groups is 1. The van der Waals surface area contributed by atoms with Gasteiger partial charge in [0.25, 0.3) is 0 Å². The first-order valence-corrected chi connectivity index (χ1v) is 6.42. The van der Waals surface area contributed by atoms with Crippen molar-refractivity contribution in [3.63, 3.8) is 0 Å². The molecule has 0 bridgehead atoms. The van der Waals surface area contributed by atoms with Crippen molar-refractivity contribution in [2.45, 2.75) is 26.4 Å². The minimum absolute atomic E-state index is 0.0229. The summed E-state index contributed by atoms with van der Waals surface area (Å²) in [5.74, 6) is 0.883. The van der Waals surface area contributed by atoms with Crippen molar-refractivity contribution < 1.29 is 9.21 Å². The first-order chi connectivity index (χ1) is 9.00. The maximum atomic E-state index is 11.9. The Bertz CT molecular complexity index is 587. The lowest BCUT2D eigenvalue weighted by Gasteiger charge is -2.18. The minimum atomic E-state index is -0.140. The van der Waals surface area contributed by atoms with Crippen LogP contribution >= 0.6 is 0 Å². The van der Waals surface area contributed by atoms with Gasteiger partial charge in [-0.1, -0.05) is 18.2 Å². The van der Waals surface area contributed by atoms with Crippen LogP contribution in [0.5, 0.6) is 0 Å². The van der Waals surface area contributed by atoms with Crippen LogP contribution in [0.3, 0.4) is 0 Å². The van der Waals surface area contributed by atoms with Crippen LogP contribution in [-0.4, -0.2) is 30.9 Å². The smallest absolute Gasteiger partial charge is 0.237 e. The Labute approximate surface area is 113 Å². The molecule has 1 aromatic carbocycles. The van der Waals surface area contributed by atoms with E-state index in [0.717, 1.165) is 22.3 Å². The number of hydrogen-bond donors (Lipinski definition) is 1. The summed E-state index contributed by atoms with van der Waals surface area (Å²) in [5.41, 5.74) is 1.92. The zero-order valence-electron chi connectivity index (χ0n) is 11.9. The molecular formula is C15H20N2O2. The van der Waals surface area contributed by atoms with E-state index in [1.165, 1.54) is 0 Å². The van der Waals surface area contributed by atoms with Gasteiger partial charge in [0.2, 0.25) is 5.91 Å². The molecule has 0 aliphatic carbocycles. The summed E-state index contributed by atoms with van der Waals surface area (Å²) in [6.07, 6.45) is 0. The number of benzene rings is 1. The lowest BCUT2D eigenvalue weighted by molar-refractivity contribution is -0.125. The summed E-state index contributed by atoms with van der Waals surface area (Å²) in [4.78, 5) is 13.8. The topological polar surface area (TPSA) is 45.5 Å². The van der Waals surface area contributed by atoms with E-state index >= 15 is 0 Å². The van der Waals surface area contributed by atoms with Gasteiger partial charge < -0.3 is 9.73 Å². The second-order valence-electron chi connectivity index (χ2n) is 4.99. The van der Waals surface area contributed by atoms with Gasteiger partial charge in [-0.15, -0.1) is 0 Å². The van der Waals surface area contributed by atoms with Crippen LogP contribution in [0.15, 0.2) is 28.7 Å². The Kier molecular flexibility index (Phi) is 3.90. The molecule has 0 fully saturated rings. The van der Waals surface area contributed by atoms with E-state index < -0.39 is 0 Å². The van der Waals surface area contributed by atoms with Crippen molar-refractivity contribution in [1.29, 1.82) is 0 Å². The molecule has 0 saturated carbocycles. The van der Waals surface area contributed by atoms with Crippen molar-refractivity contribution in [2.24, 2.45) is 0 Å². The highest BCUT2D eigenvalue weighted by atomic mass is 16.3. The number of aryl methyl sites for hydroxylation is 1. The van der Waals surface area contributed by atoms with Gasteiger partial charge in [0.1, 0.15) is 11.3 Å². The van der Waals surface area contributed by atoms with Crippen molar-refractivity contribution >= 4 is 16.9 Å². The molecule has 0 aliphatic heterocycles. The van der Waals surface area contributed by atoms with E-state index in [0.29, 0.717) is 6.54 Å². The standard InChI is InChI=1S/C15H20N2O2/c1-10(17(3)4)15(18)16-9-13-11(2)19-14-8-6-5-7-12(13)14/h5-8,10H,9H2,1-4H3,(H,16,18)/t10-/m0/s1. The Balaban J connectivity index is 2.14. The van der Waals surface area contributed by atoms with E-state index in [-0.39, 0.29) is 11.9 Å². The predicted molar refractivity (Wildman–Crippen MR) is 75.9 cm³/mol. The van der Waals surface area contributed by atoms with Gasteiger partial charge in [-0.2, -0.15) is 0 Å². The maximum Gasteiger partial charge on any atom is 0.237 e. The van der Waals surface area contributed by atoms with E-state index in [2.05, 4.69) is 5.32 Å². The number of nitrogens with zero attached hydrogens (tertiary/aromatic N) is 1. The molecule has 102 valence electrons. The SMILES string of the molecule is Cc1oc2ccccc2c1CNC(=O)[C@H](C)N(C)C. The molecule has 2 aromatic rings. The zero-order chi connectivity index (χ0) is 14.0. The monoisotopic (exact) mass is 260 g/mol. The second kappa shape index (κ2) is 5.45. The van der Waals surface area contributed by atoms with E-state index in [4.69, 9.17) is 4.42 Å². The average Bonchev–Trinajstić information content (AvgIpc) is 2.70. The average molecular weight is 260 g/mol. The largest absolute Gasteiger partial charge is 0.461 e. The highest BCUT2D eigenvalue weighted by Crippen LogP contribution is 2.24. The third-order valence-electron chi connectivity index (χ3n) is 3.49. The Morgan fingerprint density at radius 2 is 2.05 bits per heavy atom. The molecule has 0 aliphatic rings. The number of fused-ring (bicyclic) bond motifs is 1. The molecule has 4 nitrogen and oxygen atoms in total. The fraction of sp³-hybridized carbons (Fsp3) is 0.400. The molecule has 4 heteroatoms. The van der Waals surface area contributed by atoms with Crippen molar-refractivity contribution in [3.8, 4) is 0 Å². The summed E-state index contributed by atoms with van der Waals surface area (Å²) in [6, 6.07) is 7.74. The van der Waals surface area contributed by atoms with E-state index in [9.17, 15) is 4.79 Å². The fourth-order valence-electron chi connectivity index (χ4n) is 2.00. The molecule has 1 aromatic heterocycles. The second-order valence-corrected chi connectivity index (χ2v) is 4.99. The Morgan fingerprint density at radius 1 is 1.37 bits per heavy atom. The van der Waals surface area contributed by atoms with Crippen LogP contribution in [-0.2, 0) is 11.3 Å². The third kappa shape index (κ3) is 2.79. The van der Waals surface area contributed by atoms with Crippen LogP contribution in [0.2, 0.25) is 0 Å². The molecule has 1 N–H and O–H groups in total. The number of hydrogen-bond acceptors (Lipinski definition) is 3. The highest BCUT2D eigenvalue weighted by molar-refractivity contribution is 5.84. The van der Waals surface area contributed by atoms with Crippen molar-refractivity contribution in [2.75, 3.05) is 14.1 Å². The zero-order valence-corrected chi connectivity index (χ0v) is 11.9. The first-order valence-electron chi connectivity index (χ1n) is 6.42. The molecule has 1 heterocycles. The normalized spacial score (nSPS) is 12.9. The van der Waals surface area contributed by atoms with Gasteiger partial charge in [0, 0.05) is 17.5 Å². The number of para-hydroxylation sites is 1. The number of likely N-dealkylation sites (N-methyl/N-ethyl adjacent to an activating group) is 1. The summed E-state index contributed by atoms with van der Waals surface area (Å²) in [5, 5.41) is 4.03. The lowest BCUT2D eigenvalue weighted by Crippen LogP contribution is -2.41. The maximum absolute atomic E-state index is 11.9. The quantitative estimate of drug-likeness (QED) is 0.917. The fourth-order valence-corrected chi connectivity index (χ4v) is 2.00. The van der Waals surface area contributed by atoms with Gasteiger partial charge in [-0.25, -0.2) is 0 Å². The molecule has 0 unspecified atom stereocenters. The summed E-state index contributed by atoms with van der Waals surface area (Å²) >= 11 is 0. The molecular weight excluding hydrogens is 240 g/mol. The van der Waals surface area contributed by atoms with E-state index in [1.807, 2.05) is 57.1 Å². The van der Waals surface area contributed by atoms with Gasteiger partial charge in [-0.05, 0) is 34.0 Å². The van der Waals surface area contributed by atoms with Crippen molar-refractivity contribution in [3.05, 3.63) is 35.6 Å². The van der Waals surface area contributed by atoms with Crippen molar-refractivity contribution in [1.82, 2.24) is 10.2 Å². The molecule has 1 amide bonds. The van der Waals surface area contributed by atoms with E-state index in [1.54, 1.807) is 0 Å². The van der Waals surface area contributed by atoms with Crippen LogP contribution in [0.1, 0.15) is 18.2 Å². The van der Waals surface area contributed by atoms with Crippen LogP contribution in [0.4, 0.5) is 0 Å². The summed E-state index contributed by atoms with van der Waals surface area (Å²) in [6.45, 7) is 4.31. The molecule has 1 atom stereocenters. The number of rotatable bonds is 4. The van der Waals surface area contributed by atoms with Gasteiger partial charge >= 0.3 is 0 Å². The predicted octanol–water partition coefficient (Wildman–Crippen LogP) is 2.31.